The molecule has 4 aromatic carbocycles. The van der Waals surface area contributed by atoms with E-state index in [1.165, 1.54) is 25.2 Å². The summed E-state index contributed by atoms with van der Waals surface area (Å²) in [6.45, 7) is 23.2. The Balaban J connectivity index is 1.63. The van der Waals surface area contributed by atoms with Crippen LogP contribution in [0.2, 0.25) is 0 Å². The third-order valence-electron chi connectivity index (χ3n) is 11.1. The van der Waals surface area contributed by atoms with E-state index in [0.717, 1.165) is 27.9 Å². The van der Waals surface area contributed by atoms with E-state index in [9.17, 15) is 31.0 Å². The van der Waals surface area contributed by atoms with Gasteiger partial charge in [0.15, 0.2) is 0 Å². The Morgan fingerprint density at radius 1 is 0.662 bits per heavy atom. The van der Waals surface area contributed by atoms with Gasteiger partial charge < -0.3 is 20.4 Å². The van der Waals surface area contributed by atoms with Crippen LogP contribution in [0.5, 0.6) is 0 Å². The lowest BCUT2D eigenvalue weighted by Crippen LogP contribution is -2.21. The zero-order valence-electron chi connectivity index (χ0n) is 39.3. The normalized spacial score (nSPS) is 12.8. The first-order valence-electron chi connectivity index (χ1n) is 21.3. The van der Waals surface area contributed by atoms with Crippen molar-refractivity contribution in [2.45, 2.75) is 106 Å². The number of amides is 2. The summed E-state index contributed by atoms with van der Waals surface area (Å²) in [5.74, 6) is -0.145. The van der Waals surface area contributed by atoms with Crippen molar-refractivity contribution in [3.05, 3.63) is 105 Å². The second-order valence-electron chi connectivity index (χ2n) is 19.2. The molecule has 0 bridgehead atoms. The Hall–Kier alpha value is -5.87. The fourth-order valence-electron chi connectivity index (χ4n) is 8.29. The van der Waals surface area contributed by atoms with E-state index in [4.69, 9.17) is 9.41 Å². The summed E-state index contributed by atoms with van der Waals surface area (Å²) < 4.78 is 73.7. The second kappa shape index (κ2) is 17.8. The summed E-state index contributed by atoms with van der Waals surface area (Å²) in [6.07, 6.45) is 0.602. The number of benzene rings is 5. The Morgan fingerprint density at radius 2 is 1.22 bits per heavy atom. The lowest BCUT2D eigenvalue weighted by Gasteiger charge is -2.22. The van der Waals surface area contributed by atoms with E-state index in [-0.39, 0.29) is 56.2 Å². The molecule has 15 heteroatoms. The fraction of sp³-hybridized carbons (Fsp3) is 0.340. The zero-order chi connectivity index (χ0) is 48.1. The second-order valence-corrected chi connectivity index (χ2v) is 22.5. The fourth-order valence-corrected chi connectivity index (χ4v) is 9.86. The maximum Gasteiger partial charge on any atom is 0.296 e. The third-order valence-corrected chi connectivity index (χ3v) is 13.5. The number of rotatable bonds is 11. The molecule has 0 atom stereocenters. The molecule has 0 fully saturated rings. The van der Waals surface area contributed by atoms with Gasteiger partial charge in [-0.1, -0.05) is 71.9 Å². The van der Waals surface area contributed by atoms with E-state index in [1.807, 2.05) is 88.3 Å². The number of aryl methyl sites for hydroxylation is 4. The standard InChI is InChI=1S/C50H59N5O8S2/c1-27-20-29(3)47(54-42(56)25-49(7,8)9)31(5)45(27)52-33-18-19-34-38(22-33)63-39-24-37(53-46-28(2)21-30(4)48(32(46)6)55-43(57)26-50(10,11)12)41(65(60,61)62)23-36(39)44(34)35-16-14-15-17-40(35)64(58,59)51-13/h14-24,51-52H,25-26H2,1-13H3,(H,54,56)(H,55,57)(H,60,61,62). The summed E-state index contributed by atoms with van der Waals surface area (Å²) in [4.78, 5) is 30.4. The molecular weight excluding hydrogens is 863 g/mol. The monoisotopic (exact) mass is 921 g/mol. The molecule has 1 aliphatic carbocycles. The molecule has 4 aromatic rings. The maximum atomic E-state index is 13.6. The number of anilines is 4. The molecule has 1 aliphatic heterocycles. The number of hydrogen-bond donors (Lipinski definition) is 5. The molecule has 0 unspecified atom stereocenters. The first-order valence-corrected chi connectivity index (χ1v) is 24.2. The highest BCUT2D eigenvalue weighted by Gasteiger charge is 2.28. The van der Waals surface area contributed by atoms with Crippen molar-refractivity contribution in [2.24, 2.45) is 15.8 Å². The molecule has 0 radical (unpaired) electrons. The maximum absolute atomic E-state index is 13.6. The van der Waals surface area contributed by atoms with Gasteiger partial charge in [-0.05, 0) is 117 Å². The smallest absolute Gasteiger partial charge is 0.296 e. The van der Waals surface area contributed by atoms with Gasteiger partial charge >= 0.3 is 0 Å². The van der Waals surface area contributed by atoms with Gasteiger partial charge in [-0.2, -0.15) is 8.42 Å². The largest absolute Gasteiger partial charge is 0.456 e. The van der Waals surface area contributed by atoms with Gasteiger partial charge in [0.1, 0.15) is 16.2 Å². The lowest BCUT2D eigenvalue weighted by molar-refractivity contribution is -0.118. The molecule has 13 nitrogen and oxygen atoms in total. The number of fused-ring (bicyclic) bond motifs is 2. The highest BCUT2D eigenvalue weighted by Crippen LogP contribution is 2.44. The van der Waals surface area contributed by atoms with E-state index in [1.54, 1.807) is 43.3 Å². The Labute approximate surface area is 382 Å². The Bertz CT molecular complexity index is 3180. The molecule has 6 rings (SSSR count). The zero-order valence-corrected chi connectivity index (χ0v) is 41.0. The van der Waals surface area contributed by atoms with Crippen LogP contribution in [0.3, 0.4) is 0 Å². The number of nitrogens with one attached hydrogen (secondary N) is 4. The van der Waals surface area contributed by atoms with Gasteiger partial charge in [0, 0.05) is 69.8 Å². The Morgan fingerprint density at radius 3 is 1.78 bits per heavy atom. The van der Waals surface area contributed by atoms with Crippen molar-refractivity contribution in [1.29, 1.82) is 0 Å². The van der Waals surface area contributed by atoms with Crippen LogP contribution in [0.4, 0.5) is 28.4 Å². The van der Waals surface area contributed by atoms with Crippen LogP contribution in [0.1, 0.15) is 87.8 Å². The van der Waals surface area contributed by atoms with Crippen molar-refractivity contribution in [2.75, 3.05) is 23.0 Å². The van der Waals surface area contributed by atoms with Crippen molar-refractivity contribution >= 4 is 71.4 Å². The van der Waals surface area contributed by atoms with Gasteiger partial charge in [-0.3, -0.25) is 14.1 Å². The number of carbonyl (C=O) groups is 2. The Kier molecular flexibility index (Phi) is 13.3. The SMILES string of the molecule is CNS(=O)(=O)c1ccccc1-c1c2cc(S(=O)(=O)O)c(=Nc3c(C)cc(C)c(NC(=O)CC(C)(C)C)c3C)cc-2oc2cc(Nc3c(C)cc(C)c(NC(=O)CC(C)(C)C)c3C)ccc12. The summed E-state index contributed by atoms with van der Waals surface area (Å²) >= 11 is 0. The minimum Gasteiger partial charge on any atom is -0.456 e. The molecule has 0 aromatic heterocycles. The highest BCUT2D eigenvalue weighted by molar-refractivity contribution is 7.89. The van der Waals surface area contributed by atoms with Crippen LogP contribution < -0.4 is 26.0 Å². The highest BCUT2D eigenvalue weighted by atomic mass is 32.2. The number of sulfonamides is 1. The van der Waals surface area contributed by atoms with E-state index >= 15 is 0 Å². The minimum absolute atomic E-state index is 0.0699. The molecule has 0 saturated heterocycles. The summed E-state index contributed by atoms with van der Waals surface area (Å²) in [5.41, 5.74) is 8.34. The van der Waals surface area contributed by atoms with Gasteiger partial charge in [0.05, 0.1) is 15.9 Å². The predicted molar refractivity (Wildman–Crippen MR) is 260 cm³/mol. The van der Waals surface area contributed by atoms with Crippen molar-refractivity contribution < 1.29 is 35.4 Å². The van der Waals surface area contributed by atoms with Crippen LogP contribution in [0, 0.1) is 52.4 Å². The summed E-state index contributed by atoms with van der Waals surface area (Å²) in [5, 5.41) is 9.95. The molecule has 65 heavy (non-hydrogen) atoms. The van der Waals surface area contributed by atoms with Gasteiger partial charge in [0.2, 0.25) is 21.8 Å². The van der Waals surface area contributed by atoms with E-state index in [2.05, 4.69) is 20.7 Å². The molecule has 0 saturated carbocycles. The summed E-state index contributed by atoms with van der Waals surface area (Å²) in [6, 6.07) is 18.2. The minimum atomic E-state index is -4.97. The average molecular weight is 922 g/mol. The molecule has 0 spiro atoms. The van der Waals surface area contributed by atoms with E-state index in [0.29, 0.717) is 56.8 Å². The van der Waals surface area contributed by atoms with Crippen LogP contribution in [0.25, 0.3) is 33.4 Å². The van der Waals surface area contributed by atoms with E-state index < -0.39 is 25.0 Å². The number of hydrogen-bond acceptors (Lipinski definition) is 9. The van der Waals surface area contributed by atoms with Crippen LogP contribution in [-0.2, 0) is 29.7 Å². The first kappa shape index (κ1) is 48.6. The first-order chi connectivity index (χ1) is 30.1. The van der Waals surface area contributed by atoms with Crippen LogP contribution in [0.15, 0.2) is 85.9 Å². The molecule has 1 heterocycles. The van der Waals surface area contributed by atoms with Gasteiger partial charge in [0.25, 0.3) is 10.1 Å². The van der Waals surface area contributed by atoms with Gasteiger partial charge in [-0.15, -0.1) is 0 Å². The molecular formula is C50H59N5O8S2. The van der Waals surface area contributed by atoms with Crippen molar-refractivity contribution in [1.82, 2.24) is 4.72 Å². The third kappa shape index (κ3) is 10.7. The predicted octanol–water partition coefficient (Wildman–Crippen LogP) is 10.9. The van der Waals surface area contributed by atoms with Crippen molar-refractivity contribution in [3.63, 3.8) is 0 Å². The van der Waals surface area contributed by atoms with Crippen LogP contribution >= 0.6 is 0 Å². The summed E-state index contributed by atoms with van der Waals surface area (Å²) in [7, 11) is -7.73. The lowest BCUT2D eigenvalue weighted by atomic mass is 9.91. The number of nitrogens with zero attached hydrogens (tertiary/aromatic N) is 1. The molecule has 2 amide bonds. The van der Waals surface area contributed by atoms with Crippen LogP contribution in [-0.4, -0.2) is 40.3 Å². The average Bonchev–Trinajstić information content (AvgIpc) is 3.18. The molecule has 344 valence electrons. The number of carbonyl (C=O) groups excluding carboxylic acids is 2. The van der Waals surface area contributed by atoms with Crippen molar-refractivity contribution in [3.8, 4) is 22.5 Å². The van der Waals surface area contributed by atoms with Gasteiger partial charge in [-0.25, -0.2) is 18.1 Å². The topological polar surface area (TPSA) is 196 Å². The quantitative estimate of drug-likeness (QED) is 0.0620. The molecule has 5 N–H and O–H groups in total. The molecule has 2 aliphatic rings.